The average Bonchev–Trinajstić information content (AvgIpc) is 3.46. The number of benzene rings is 1. The Kier molecular flexibility index (Phi) is 3.65. The maximum atomic E-state index is 14.9. The smallest absolute Gasteiger partial charge is 0.350 e. The molecule has 2 aromatic rings. The number of aromatic nitrogens is 2. The highest BCUT2D eigenvalue weighted by molar-refractivity contribution is 5.87. The van der Waals surface area contributed by atoms with E-state index in [-0.39, 0.29) is 29.9 Å². The van der Waals surface area contributed by atoms with Gasteiger partial charge in [0, 0.05) is 30.7 Å². The van der Waals surface area contributed by atoms with E-state index in [1.54, 1.807) is 11.5 Å². The number of nitrogens with two attached hydrogens (primary N) is 2. The minimum absolute atomic E-state index is 0. The molecule has 2 atom stereocenters. The number of fused-ring (bicyclic) bond motifs is 2. The van der Waals surface area contributed by atoms with Crippen LogP contribution >= 0.6 is 12.4 Å². The largest absolute Gasteiger partial charge is 0.368 e. The van der Waals surface area contributed by atoms with Crippen LogP contribution in [0.1, 0.15) is 24.4 Å². The van der Waals surface area contributed by atoms with Crippen LogP contribution in [0.15, 0.2) is 15.7 Å². The maximum Gasteiger partial charge on any atom is 0.350 e. The second kappa shape index (κ2) is 5.47. The number of anilines is 1. The van der Waals surface area contributed by atoms with E-state index in [0.29, 0.717) is 33.3 Å². The SMILES string of the molecule is Cc1c(N2CC3C(N)C3C2)c(F)cc2c(=O)n(N)c(=O)n(C3CC3)c12.Cl. The Balaban J connectivity index is 0.00000168. The minimum Gasteiger partial charge on any atom is -0.368 e. The number of rotatable bonds is 2. The third-order valence-corrected chi connectivity index (χ3v) is 6.05. The van der Waals surface area contributed by atoms with Crippen molar-refractivity contribution >= 4 is 29.0 Å². The minimum atomic E-state index is -0.656. The normalized spacial score (nSPS) is 26.7. The number of hydrogen-bond acceptors (Lipinski definition) is 5. The van der Waals surface area contributed by atoms with Crippen LogP contribution in [0.25, 0.3) is 10.9 Å². The lowest BCUT2D eigenvalue weighted by atomic mass is 10.1. The summed E-state index contributed by atoms with van der Waals surface area (Å²) in [6.07, 6.45) is 1.73. The van der Waals surface area contributed by atoms with Gasteiger partial charge in [0.2, 0.25) is 0 Å². The number of piperidine rings is 1. The molecule has 2 heterocycles. The van der Waals surface area contributed by atoms with Gasteiger partial charge < -0.3 is 16.5 Å². The summed E-state index contributed by atoms with van der Waals surface area (Å²) in [6, 6.07) is 1.47. The van der Waals surface area contributed by atoms with E-state index >= 15 is 0 Å². The Morgan fingerprint density at radius 1 is 1.19 bits per heavy atom. The molecule has 3 fully saturated rings. The zero-order valence-corrected chi connectivity index (χ0v) is 15.1. The zero-order chi connectivity index (χ0) is 17.6. The Labute approximate surface area is 154 Å². The summed E-state index contributed by atoms with van der Waals surface area (Å²) in [5.74, 6) is 6.02. The highest BCUT2D eigenvalue weighted by atomic mass is 35.5. The molecule has 2 unspecified atom stereocenters. The van der Waals surface area contributed by atoms with Gasteiger partial charge in [0.1, 0.15) is 5.82 Å². The van der Waals surface area contributed by atoms with Gasteiger partial charge in [0.05, 0.1) is 16.6 Å². The summed E-state index contributed by atoms with van der Waals surface area (Å²) in [4.78, 5) is 26.9. The van der Waals surface area contributed by atoms with Gasteiger partial charge in [-0.25, -0.2) is 9.18 Å². The first-order chi connectivity index (χ1) is 11.9. The number of nitrogen functional groups attached to an aromatic ring is 1. The molecule has 3 aliphatic rings. The molecular weight excluding hydrogens is 361 g/mol. The van der Waals surface area contributed by atoms with Gasteiger partial charge in [0.15, 0.2) is 0 Å². The Hall–Kier alpha value is -2.06. The average molecular weight is 382 g/mol. The molecular formula is C17H21ClFN5O2. The molecule has 0 amide bonds. The van der Waals surface area contributed by atoms with Crippen molar-refractivity contribution in [2.24, 2.45) is 17.6 Å². The van der Waals surface area contributed by atoms with Crippen molar-refractivity contribution in [2.45, 2.75) is 31.8 Å². The Bertz CT molecular complexity index is 1030. The van der Waals surface area contributed by atoms with Crippen LogP contribution in [0, 0.1) is 24.6 Å². The van der Waals surface area contributed by atoms with Crippen molar-refractivity contribution in [3.63, 3.8) is 0 Å². The molecule has 0 radical (unpaired) electrons. The molecule has 5 rings (SSSR count). The molecule has 2 aliphatic carbocycles. The van der Waals surface area contributed by atoms with Gasteiger partial charge >= 0.3 is 5.69 Å². The van der Waals surface area contributed by atoms with Gasteiger partial charge in [-0.05, 0) is 37.7 Å². The zero-order valence-electron chi connectivity index (χ0n) is 14.3. The van der Waals surface area contributed by atoms with Crippen LogP contribution in [0.4, 0.5) is 10.1 Å². The molecule has 2 saturated carbocycles. The molecule has 140 valence electrons. The van der Waals surface area contributed by atoms with Crippen LogP contribution < -0.4 is 27.7 Å². The molecule has 7 nitrogen and oxygen atoms in total. The highest BCUT2D eigenvalue weighted by Crippen LogP contribution is 2.47. The second-order valence-corrected chi connectivity index (χ2v) is 7.60. The van der Waals surface area contributed by atoms with Crippen molar-refractivity contribution in [3.8, 4) is 0 Å². The fourth-order valence-corrected chi connectivity index (χ4v) is 4.47. The molecule has 4 N–H and O–H groups in total. The van der Waals surface area contributed by atoms with Crippen LogP contribution in [0.5, 0.6) is 0 Å². The lowest BCUT2D eigenvalue weighted by molar-refractivity contribution is 0.612. The van der Waals surface area contributed by atoms with E-state index in [1.165, 1.54) is 6.07 Å². The van der Waals surface area contributed by atoms with E-state index in [9.17, 15) is 14.0 Å². The summed E-state index contributed by atoms with van der Waals surface area (Å²) in [6.45, 7) is 3.22. The summed E-state index contributed by atoms with van der Waals surface area (Å²) < 4.78 is 17.0. The van der Waals surface area contributed by atoms with E-state index in [2.05, 4.69) is 0 Å². The fourth-order valence-electron chi connectivity index (χ4n) is 4.47. The Morgan fingerprint density at radius 2 is 1.81 bits per heavy atom. The molecule has 1 aromatic heterocycles. The van der Waals surface area contributed by atoms with Crippen molar-refractivity contribution in [2.75, 3.05) is 23.8 Å². The number of aryl methyl sites for hydroxylation is 1. The summed E-state index contributed by atoms with van der Waals surface area (Å²) >= 11 is 0. The van der Waals surface area contributed by atoms with E-state index in [4.69, 9.17) is 11.6 Å². The van der Waals surface area contributed by atoms with Crippen molar-refractivity contribution in [3.05, 3.63) is 38.3 Å². The summed E-state index contributed by atoms with van der Waals surface area (Å²) in [7, 11) is 0. The fraction of sp³-hybridized carbons (Fsp3) is 0.529. The molecule has 1 aliphatic heterocycles. The van der Waals surface area contributed by atoms with Gasteiger partial charge in [-0.1, -0.05) is 0 Å². The van der Waals surface area contributed by atoms with Crippen LogP contribution in [0.3, 0.4) is 0 Å². The predicted octanol–water partition coefficient (Wildman–Crippen LogP) is 0.475. The maximum absolute atomic E-state index is 14.9. The molecule has 1 saturated heterocycles. The van der Waals surface area contributed by atoms with Crippen molar-refractivity contribution < 1.29 is 4.39 Å². The first kappa shape index (κ1) is 17.4. The summed E-state index contributed by atoms with van der Waals surface area (Å²) in [5, 5.41) is 0.161. The topological polar surface area (TPSA) is 99.3 Å². The quantitative estimate of drug-likeness (QED) is 0.737. The number of nitrogens with zero attached hydrogens (tertiary/aromatic N) is 3. The highest BCUT2D eigenvalue weighted by Gasteiger charge is 2.54. The lowest BCUT2D eigenvalue weighted by Gasteiger charge is -2.25. The molecule has 9 heteroatoms. The Morgan fingerprint density at radius 3 is 2.38 bits per heavy atom. The number of hydrogen-bond donors (Lipinski definition) is 2. The summed E-state index contributed by atoms with van der Waals surface area (Å²) in [5.41, 5.74) is 6.42. The third-order valence-electron chi connectivity index (χ3n) is 6.05. The van der Waals surface area contributed by atoms with Gasteiger partial charge in [-0.15, -0.1) is 12.4 Å². The molecule has 0 spiro atoms. The third kappa shape index (κ3) is 2.15. The second-order valence-electron chi connectivity index (χ2n) is 7.60. The van der Waals surface area contributed by atoms with E-state index < -0.39 is 17.1 Å². The standard InChI is InChI=1S/C17H20FN5O2.ClH/c1-7-14-9(16(24)23(20)17(25)22(14)8-2-3-8)4-12(18)15(7)21-5-10-11(6-21)13(10)19;/h4,8,10-11,13H,2-3,5-6,19-20H2,1H3;1H. The molecule has 0 bridgehead atoms. The molecule has 26 heavy (non-hydrogen) atoms. The van der Waals surface area contributed by atoms with Crippen LogP contribution in [-0.2, 0) is 0 Å². The van der Waals surface area contributed by atoms with E-state index in [0.717, 1.165) is 25.9 Å². The van der Waals surface area contributed by atoms with E-state index in [1.807, 2.05) is 4.90 Å². The van der Waals surface area contributed by atoms with Gasteiger partial charge in [0.25, 0.3) is 5.56 Å². The first-order valence-corrected chi connectivity index (χ1v) is 8.66. The predicted molar refractivity (Wildman–Crippen MR) is 100 cm³/mol. The van der Waals surface area contributed by atoms with Gasteiger partial charge in [-0.2, -0.15) is 4.68 Å². The van der Waals surface area contributed by atoms with Crippen LogP contribution in [0.2, 0.25) is 0 Å². The monoisotopic (exact) mass is 381 g/mol. The van der Waals surface area contributed by atoms with Crippen molar-refractivity contribution in [1.82, 2.24) is 9.24 Å². The first-order valence-electron chi connectivity index (χ1n) is 8.66. The number of halogens is 2. The van der Waals surface area contributed by atoms with Gasteiger partial charge in [-0.3, -0.25) is 9.36 Å². The lowest BCUT2D eigenvalue weighted by Crippen LogP contribution is -2.44. The van der Waals surface area contributed by atoms with Crippen molar-refractivity contribution in [1.29, 1.82) is 0 Å². The van der Waals surface area contributed by atoms with Crippen LogP contribution in [-0.4, -0.2) is 28.4 Å². The molecule has 1 aromatic carbocycles.